The van der Waals surface area contributed by atoms with Crippen LogP contribution in [0.5, 0.6) is 0 Å². The zero-order chi connectivity index (χ0) is 13.2. The quantitative estimate of drug-likeness (QED) is 0.854. The molecule has 0 spiro atoms. The van der Waals surface area contributed by atoms with Gasteiger partial charge in [0.1, 0.15) is 0 Å². The van der Waals surface area contributed by atoms with E-state index in [0.29, 0.717) is 5.70 Å². The molecule has 1 aromatic heterocycles. The van der Waals surface area contributed by atoms with Gasteiger partial charge in [-0.05, 0) is 6.08 Å². The van der Waals surface area contributed by atoms with Gasteiger partial charge in [0.15, 0.2) is 0 Å². The summed E-state index contributed by atoms with van der Waals surface area (Å²) in [5.41, 5.74) is -0.0130. The van der Waals surface area contributed by atoms with E-state index in [4.69, 9.17) is 0 Å². The van der Waals surface area contributed by atoms with Crippen LogP contribution in [0.25, 0.3) is 0 Å². The molecule has 1 heterocycles. The monoisotopic (exact) mass is 257 g/mol. The zero-order valence-corrected chi connectivity index (χ0v) is 9.16. The normalized spacial score (nSPS) is 19.5. The maximum atomic E-state index is 12.5. The minimum absolute atomic E-state index is 0.130. The van der Waals surface area contributed by atoms with E-state index in [2.05, 4.69) is 15.3 Å². The van der Waals surface area contributed by atoms with Crippen molar-refractivity contribution in [3.8, 4) is 0 Å². The fourth-order valence-corrected chi connectivity index (χ4v) is 1.58. The second kappa shape index (κ2) is 4.67. The van der Waals surface area contributed by atoms with Crippen molar-refractivity contribution in [1.29, 1.82) is 0 Å². The Hall–Kier alpha value is -2.05. The SMILES string of the molecule is O=c1ccnc(NC2=CC=CC(C(F)(F)F)C2)[nH]1. The van der Waals surface area contributed by atoms with Gasteiger partial charge in [-0.2, -0.15) is 13.2 Å². The summed E-state index contributed by atoms with van der Waals surface area (Å²) in [7, 11) is 0. The Morgan fingerprint density at radius 3 is 2.89 bits per heavy atom. The number of H-pyrrole nitrogens is 1. The van der Waals surface area contributed by atoms with Gasteiger partial charge in [-0.15, -0.1) is 0 Å². The number of aromatic amines is 1. The fraction of sp³-hybridized carbons (Fsp3) is 0.273. The number of nitrogens with one attached hydrogen (secondary N) is 2. The van der Waals surface area contributed by atoms with E-state index in [1.165, 1.54) is 24.4 Å². The van der Waals surface area contributed by atoms with Crippen LogP contribution in [0.3, 0.4) is 0 Å². The van der Waals surface area contributed by atoms with Crippen molar-refractivity contribution in [2.45, 2.75) is 12.6 Å². The largest absolute Gasteiger partial charge is 0.395 e. The molecule has 7 heteroatoms. The third-order valence-electron chi connectivity index (χ3n) is 2.45. The topological polar surface area (TPSA) is 57.8 Å². The van der Waals surface area contributed by atoms with E-state index in [1.807, 2.05) is 0 Å². The maximum Gasteiger partial charge on any atom is 0.395 e. The molecule has 0 amide bonds. The third kappa shape index (κ3) is 2.99. The van der Waals surface area contributed by atoms with Crippen LogP contribution in [0.2, 0.25) is 0 Å². The number of hydrogen-bond acceptors (Lipinski definition) is 3. The van der Waals surface area contributed by atoms with Gasteiger partial charge in [0.25, 0.3) is 5.56 Å². The number of allylic oxidation sites excluding steroid dienone is 4. The van der Waals surface area contributed by atoms with Gasteiger partial charge < -0.3 is 5.32 Å². The lowest BCUT2D eigenvalue weighted by Gasteiger charge is -2.21. The highest BCUT2D eigenvalue weighted by atomic mass is 19.4. The van der Waals surface area contributed by atoms with Crippen molar-refractivity contribution in [2.24, 2.45) is 5.92 Å². The van der Waals surface area contributed by atoms with E-state index in [0.717, 1.165) is 6.08 Å². The number of alkyl halides is 3. The number of anilines is 1. The second-order valence-corrected chi connectivity index (χ2v) is 3.84. The van der Waals surface area contributed by atoms with Crippen LogP contribution in [0, 0.1) is 5.92 Å². The zero-order valence-electron chi connectivity index (χ0n) is 9.16. The highest BCUT2D eigenvalue weighted by Gasteiger charge is 2.38. The minimum atomic E-state index is -4.27. The van der Waals surface area contributed by atoms with E-state index < -0.39 is 12.1 Å². The van der Waals surface area contributed by atoms with Crippen LogP contribution in [0.1, 0.15) is 6.42 Å². The average molecular weight is 257 g/mol. The van der Waals surface area contributed by atoms with Gasteiger partial charge in [-0.3, -0.25) is 9.78 Å². The summed E-state index contributed by atoms with van der Waals surface area (Å²) in [6.07, 6.45) is 0.780. The van der Waals surface area contributed by atoms with E-state index in [9.17, 15) is 18.0 Å². The van der Waals surface area contributed by atoms with Crippen LogP contribution in [-0.2, 0) is 0 Å². The summed E-state index contributed by atoms with van der Waals surface area (Å²) < 4.78 is 37.6. The Labute approximate surface area is 100 Å². The molecule has 0 bridgehead atoms. The molecule has 1 atom stereocenters. The molecular formula is C11H10F3N3O. The highest BCUT2D eigenvalue weighted by Crippen LogP contribution is 2.34. The molecule has 18 heavy (non-hydrogen) atoms. The first-order valence-electron chi connectivity index (χ1n) is 5.21. The lowest BCUT2D eigenvalue weighted by Crippen LogP contribution is -2.24. The van der Waals surface area contributed by atoms with Crippen molar-refractivity contribution in [3.63, 3.8) is 0 Å². The molecule has 1 aliphatic rings. The first-order chi connectivity index (χ1) is 8.45. The summed E-state index contributed by atoms with van der Waals surface area (Å²) in [6.45, 7) is 0. The first kappa shape index (κ1) is 12.4. The van der Waals surface area contributed by atoms with Crippen LogP contribution in [0.4, 0.5) is 19.1 Å². The van der Waals surface area contributed by atoms with Gasteiger partial charge in [0, 0.05) is 24.4 Å². The van der Waals surface area contributed by atoms with Gasteiger partial charge in [-0.1, -0.05) is 12.2 Å². The Morgan fingerprint density at radius 2 is 2.22 bits per heavy atom. The predicted molar refractivity (Wildman–Crippen MR) is 59.9 cm³/mol. The molecule has 0 aliphatic heterocycles. The third-order valence-corrected chi connectivity index (χ3v) is 2.45. The van der Waals surface area contributed by atoms with Crippen molar-refractivity contribution < 1.29 is 13.2 Å². The second-order valence-electron chi connectivity index (χ2n) is 3.84. The van der Waals surface area contributed by atoms with Crippen LogP contribution in [-0.4, -0.2) is 16.1 Å². The Kier molecular flexibility index (Phi) is 3.22. The molecule has 0 fully saturated rings. The van der Waals surface area contributed by atoms with Crippen molar-refractivity contribution in [3.05, 3.63) is 46.5 Å². The predicted octanol–water partition coefficient (Wildman–Crippen LogP) is 2.20. The Morgan fingerprint density at radius 1 is 1.44 bits per heavy atom. The van der Waals surface area contributed by atoms with Gasteiger partial charge in [0.05, 0.1) is 5.92 Å². The molecule has 0 aromatic carbocycles. The number of rotatable bonds is 2. The highest BCUT2D eigenvalue weighted by molar-refractivity contribution is 5.37. The smallest absolute Gasteiger partial charge is 0.329 e. The average Bonchev–Trinajstić information content (AvgIpc) is 2.28. The van der Waals surface area contributed by atoms with E-state index in [1.54, 1.807) is 0 Å². The molecule has 96 valence electrons. The minimum Gasteiger partial charge on any atom is -0.329 e. The summed E-state index contributed by atoms with van der Waals surface area (Å²) in [5, 5.41) is 2.67. The van der Waals surface area contributed by atoms with Crippen LogP contribution >= 0.6 is 0 Å². The van der Waals surface area contributed by atoms with Gasteiger partial charge >= 0.3 is 6.18 Å². The molecule has 0 saturated carbocycles. The van der Waals surface area contributed by atoms with Gasteiger partial charge in [0.2, 0.25) is 5.95 Å². The maximum absolute atomic E-state index is 12.5. The summed E-state index contributed by atoms with van der Waals surface area (Å²) in [6, 6.07) is 1.22. The molecule has 1 unspecified atom stereocenters. The number of nitrogens with zero attached hydrogens (tertiary/aromatic N) is 1. The molecule has 1 aliphatic carbocycles. The summed E-state index contributed by atoms with van der Waals surface area (Å²) in [5.74, 6) is -1.38. The summed E-state index contributed by atoms with van der Waals surface area (Å²) >= 11 is 0. The fourth-order valence-electron chi connectivity index (χ4n) is 1.58. The van der Waals surface area contributed by atoms with E-state index in [-0.39, 0.29) is 17.9 Å². The number of hydrogen-bond donors (Lipinski definition) is 2. The van der Waals surface area contributed by atoms with Crippen LogP contribution < -0.4 is 10.9 Å². The first-order valence-corrected chi connectivity index (χ1v) is 5.21. The van der Waals surface area contributed by atoms with Crippen LogP contribution in [0.15, 0.2) is 41.0 Å². The number of halogens is 3. The lowest BCUT2D eigenvalue weighted by molar-refractivity contribution is -0.160. The molecule has 0 saturated heterocycles. The Balaban J connectivity index is 2.10. The lowest BCUT2D eigenvalue weighted by atomic mass is 9.98. The Bertz CT molecular complexity index is 545. The van der Waals surface area contributed by atoms with Gasteiger partial charge in [-0.25, -0.2) is 4.98 Å². The van der Waals surface area contributed by atoms with Crippen molar-refractivity contribution in [1.82, 2.24) is 9.97 Å². The molecule has 4 nitrogen and oxygen atoms in total. The number of aromatic nitrogens is 2. The molecule has 1 aromatic rings. The molecule has 2 N–H and O–H groups in total. The molecular weight excluding hydrogens is 247 g/mol. The van der Waals surface area contributed by atoms with Crippen molar-refractivity contribution >= 4 is 5.95 Å². The molecule has 0 radical (unpaired) electrons. The van der Waals surface area contributed by atoms with E-state index >= 15 is 0 Å². The molecule has 2 rings (SSSR count). The van der Waals surface area contributed by atoms with Crippen molar-refractivity contribution in [2.75, 3.05) is 5.32 Å². The standard InChI is InChI=1S/C11H10F3N3O/c12-11(13,14)7-2-1-3-8(6-7)16-10-15-5-4-9(18)17-10/h1-5,7H,6H2,(H2,15,16,17,18). The summed E-state index contributed by atoms with van der Waals surface area (Å²) in [4.78, 5) is 17.2.